The van der Waals surface area contributed by atoms with Gasteiger partial charge < -0.3 is 29.0 Å². The molecule has 1 saturated heterocycles. The fraction of sp³-hybridized carbons (Fsp3) is 0.462. The van der Waals surface area contributed by atoms with E-state index < -0.39 is 0 Å². The van der Waals surface area contributed by atoms with Crippen molar-refractivity contribution in [3.63, 3.8) is 0 Å². The van der Waals surface area contributed by atoms with E-state index in [9.17, 15) is 9.59 Å². The highest BCUT2D eigenvalue weighted by Crippen LogP contribution is 2.40. The van der Waals surface area contributed by atoms with Crippen LogP contribution in [0.5, 0.6) is 11.5 Å². The minimum atomic E-state index is -0.223. The average molecular weight is 452 g/mol. The maximum atomic E-state index is 13.5. The minimum Gasteiger partial charge on any atom is -0.493 e. The molecule has 1 atom stereocenters. The van der Waals surface area contributed by atoms with Crippen molar-refractivity contribution in [3.05, 3.63) is 53.1 Å². The van der Waals surface area contributed by atoms with E-state index in [1.54, 1.807) is 14.2 Å². The molecule has 0 spiro atoms. The number of hydrogen-bond acceptors (Lipinski definition) is 6. The van der Waals surface area contributed by atoms with Crippen LogP contribution >= 0.6 is 0 Å². The normalized spacial score (nSPS) is 17.1. The quantitative estimate of drug-likeness (QED) is 0.544. The Morgan fingerprint density at radius 3 is 2.45 bits per heavy atom. The van der Waals surface area contributed by atoms with Gasteiger partial charge in [0.15, 0.2) is 11.5 Å². The molecule has 0 aliphatic carbocycles. The predicted molar refractivity (Wildman–Crippen MR) is 128 cm³/mol. The number of amides is 1. The van der Waals surface area contributed by atoms with Crippen molar-refractivity contribution >= 4 is 17.9 Å². The predicted octanol–water partition coefficient (Wildman–Crippen LogP) is 3.52. The molecule has 0 aromatic heterocycles. The van der Waals surface area contributed by atoms with Gasteiger partial charge in [-0.15, -0.1) is 0 Å². The molecule has 2 aromatic carbocycles. The van der Waals surface area contributed by atoms with Crippen molar-refractivity contribution in [2.45, 2.75) is 32.4 Å². The summed E-state index contributed by atoms with van der Waals surface area (Å²) in [6.45, 7) is 7.79. The first-order valence-corrected chi connectivity index (χ1v) is 11.7. The highest BCUT2D eigenvalue weighted by atomic mass is 16.5. The molecule has 0 radical (unpaired) electrons. The summed E-state index contributed by atoms with van der Waals surface area (Å²) < 4.78 is 10.9. The lowest BCUT2D eigenvalue weighted by Gasteiger charge is -2.36. The summed E-state index contributed by atoms with van der Waals surface area (Å²) in [6, 6.07) is 11.5. The second-order valence-electron chi connectivity index (χ2n) is 8.53. The lowest BCUT2D eigenvalue weighted by molar-refractivity contribution is -0.108. The molecule has 0 bridgehead atoms. The van der Waals surface area contributed by atoms with Crippen LogP contribution in [0, 0.1) is 0 Å². The Balaban J connectivity index is 1.64. The maximum absolute atomic E-state index is 13.5. The zero-order valence-corrected chi connectivity index (χ0v) is 19.8. The standard InChI is InChI=1S/C26H33N3O4/c1-4-27-12-14-28(15-13-27)23-8-5-7-20-21(23)18-29(26(20)31)22(9-6-16-30)19-10-11-24(32-2)25(17-19)33-3/h5,7-8,10-11,16-17,22H,4,6,9,12-15,18H2,1-3H3/t22-/m1/s1. The van der Waals surface area contributed by atoms with E-state index in [4.69, 9.17) is 9.47 Å². The van der Waals surface area contributed by atoms with Crippen LogP contribution in [0.25, 0.3) is 0 Å². The number of hydrogen-bond donors (Lipinski definition) is 0. The van der Waals surface area contributed by atoms with Crippen LogP contribution in [0.3, 0.4) is 0 Å². The van der Waals surface area contributed by atoms with E-state index in [1.807, 2.05) is 35.2 Å². The molecule has 1 fully saturated rings. The molecular formula is C26H33N3O4. The summed E-state index contributed by atoms with van der Waals surface area (Å²) in [5.41, 5.74) is 3.94. The SMILES string of the molecule is CCN1CCN(c2cccc3c2CN([C@H](CCC=O)c2ccc(OC)c(OC)c2)C3=O)CC1. The summed E-state index contributed by atoms with van der Waals surface area (Å²) >= 11 is 0. The molecule has 0 N–H and O–H groups in total. The van der Waals surface area contributed by atoms with Gasteiger partial charge in [-0.25, -0.2) is 0 Å². The second-order valence-corrected chi connectivity index (χ2v) is 8.53. The van der Waals surface area contributed by atoms with Crippen LogP contribution in [-0.2, 0) is 11.3 Å². The van der Waals surface area contributed by atoms with Gasteiger partial charge >= 0.3 is 0 Å². The van der Waals surface area contributed by atoms with E-state index >= 15 is 0 Å². The topological polar surface area (TPSA) is 62.3 Å². The van der Waals surface area contributed by atoms with Gasteiger partial charge in [-0.05, 0) is 42.8 Å². The van der Waals surface area contributed by atoms with Crippen LogP contribution in [0.1, 0.15) is 47.3 Å². The number of carbonyl (C=O) groups is 2. The van der Waals surface area contributed by atoms with Gasteiger partial charge in [0.05, 0.1) is 20.3 Å². The van der Waals surface area contributed by atoms with Gasteiger partial charge in [-0.1, -0.05) is 19.1 Å². The lowest BCUT2D eigenvalue weighted by atomic mass is 10.00. The largest absolute Gasteiger partial charge is 0.493 e. The number of methoxy groups -OCH3 is 2. The van der Waals surface area contributed by atoms with E-state index in [1.165, 1.54) is 0 Å². The summed E-state index contributed by atoms with van der Waals surface area (Å²) in [6.07, 6.45) is 1.86. The first kappa shape index (κ1) is 23.1. The summed E-state index contributed by atoms with van der Waals surface area (Å²) in [5, 5.41) is 0. The third-order valence-corrected chi connectivity index (χ3v) is 6.86. The van der Waals surface area contributed by atoms with E-state index in [2.05, 4.69) is 22.8 Å². The van der Waals surface area contributed by atoms with Crippen molar-refractivity contribution in [3.8, 4) is 11.5 Å². The smallest absolute Gasteiger partial charge is 0.255 e. The molecule has 7 heteroatoms. The third kappa shape index (κ3) is 4.55. The highest BCUT2D eigenvalue weighted by Gasteiger charge is 2.36. The number of benzene rings is 2. The number of aldehydes is 1. The van der Waals surface area contributed by atoms with Crippen molar-refractivity contribution < 1.29 is 19.1 Å². The molecular weight excluding hydrogens is 418 g/mol. The molecule has 33 heavy (non-hydrogen) atoms. The van der Waals surface area contributed by atoms with Crippen LogP contribution in [0.4, 0.5) is 5.69 Å². The number of carbonyl (C=O) groups excluding carboxylic acids is 2. The fourth-order valence-electron chi connectivity index (χ4n) is 4.98. The molecule has 0 unspecified atom stereocenters. The first-order chi connectivity index (χ1) is 16.1. The molecule has 2 aliphatic rings. The third-order valence-electron chi connectivity index (χ3n) is 6.86. The summed E-state index contributed by atoms with van der Waals surface area (Å²) in [7, 11) is 3.20. The van der Waals surface area contributed by atoms with Gasteiger partial charge in [0.2, 0.25) is 0 Å². The number of fused-ring (bicyclic) bond motifs is 1. The molecule has 4 rings (SSSR count). The van der Waals surface area contributed by atoms with Gasteiger partial charge in [0.25, 0.3) is 5.91 Å². The van der Waals surface area contributed by atoms with E-state index in [-0.39, 0.29) is 11.9 Å². The van der Waals surface area contributed by atoms with Crippen LogP contribution < -0.4 is 14.4 Å². The van der Waals surface area contributed by atoms with Gasteiger partial charge in [0.1, 0.15) is 6.29 Å². The monoisotopic (exact) mass is 451 g/mol. The first-order valence-electron chi connectivity index (χ1n) is 11.7. The van der Waals surface area contributed by atoms with Crippen molar-refractivity contribution in [2.24, 2.45) is 0 Å². The fourth-order valence-corrected chi connectivity index (χ4v) is 4.98. The lowest BCUT2D eigenvalue weighted by Crippen LogP contribution is -2.46. The van der Waals surface area contributed by atoms with Crippen molar-refractivity contribution in [1.29, 1.82) is 0 Å². The number of rotatable bonds is 9. The van der Waals surface area contributed by atoms with Gasteiger partial charge in [0, 0.05) is 56.0 Å². The van der Waals surface area contributed by atoms with Crippen molar-refractivity contribution in [2.75, 3.05) is 51.8 Å². The van der Waals surface area contributed by atoms with Crippen LogP contribution in [0.15, 0.2) is 36.4 Å². The van der Waals surface area contributed by atoms with Crippen LogP contribution in [0.2, 0.25) is 0 Å². The second kappa shape index (κ2) is 10.3. The number of anilines is 1. The van der Waals surface area contributed by atoms with Crippen LogP contribution in [-0.4, -0.2) is 68.9 Å². The van der Waals surface area contributed by atoms with E-state index in [0.717, 1.165) is 61.4 Å². The minimum absolute atomic E-state index is 0.0183. The Hall–Kier alpha value is -3.06. The van der Waals surface area contributed by atoms with E-state index in [0.29, 0.717) is 30.9 Å². The van der Waals surface area contributed by atoms with Gasteiger partial charge in [-0.3, -0.25) is 4.79 Å². The average Bonchev–Trinajstić information content (AvgIpc) is 3.20. The number of piperazine rings is 1. The molecule has 2 heterocycles. The highest BCUT2D eigenvalue weighted by molar-refractivity contribution is 6.00. The zero-order valence-electron chi connectivity index (χ0n) is 19.8. The Kier molecular flexibility index (Phi) is 7.18. The number of nitrogens with zero attached hydrogens (tertiary/aromatic N) is 3. The summed E-state index contributed by atoms with van der Waals surface area (Å²) in [5.74, 6) is 1.27. The molecule has 7 nitrogen and oxygen atoms in total. The Labute approximate surface area is 195 Å². The van der Waals surface area contributed by atoms with Crippen molar-refractivity contribution in [1.82, 2.24) is 9.80 Å². The molecule has 0 saturated carbocycles. The Morgan fingerprint density at radius 2 is 1.79 bits per heavy atom. The van der Waals surface area contributed by atoms with Gasteiger partial charge in [-0.2, -0.15) is 0 Å². The Bertz CT molecular complexity index is 1000. The zero-order chi connectivity index (χ0) is 23.4. The maximum Gasteiger partial charge on any atom is 0.255 e. The number of ether oxygens (including phenoxy) is 2. The Morgan fingerprint density at radius 1 is 1.03 bits per heavy atom. The number of likely N-dealkylation sites (N-methyl/N-ethyl adjacent to an activating group) is 1. The molecule has 176 valence electrons. The molecule has 2 aliphatic heterocycles. The summed E-state index contributed by atoms with van der Waals surface area (Å²) in [4.78, 5) is 31.5. The molecule has 1 amide bonds. The molecule has 2 aromatic rings.